The van der Waals surface area contributed by atoms with Crippen LogP contribution >= 0.6 is 11.6 Å². The number of aromatic nitrogens is 3. The normalized spacial score (nSPS) is 11.1. The third-order valence-corrected chi connectivity index (χ3v) is 4.35. The van der Waals surface area contributed by atoms with Crippen LogP contribution in [0.1, 0.15) is 5.56 Å². The van der Waals surface area contributed by atoms with Crippen molar-refractivity contribution in [2.45, 2.75) is 0 Å². The minimum Gasteiger partial charge on any atom is -0.323 e. The maximum atomic E-state index is 12.1. The molecule has 2 heterocycles. The molecule has 0 aliphatic rings. The van der Waals surface area contributed by atoms with Crippen LogP contribution in [0.2, 0.25) is 5.02 Å². The number of nitrogens with one attached hydrogen (secondary N) is 1. The van der Waals surface area contributed by atoms with Crippen LogP contribution in [-0.4, -0.2) is 20.3 Å². The van der Waals surface area contributed by atoms with E-state index in [9.17, 15) is 4.79 Å². The molecule has 0 saturated carbocycles. The van der Waals surface area contributed by atoms with E-state index in [0.29, 0.717) is 16.5 Å². The average Bonchev–Trinajstić information content (AvgIpc) is 3.12. The second-order valence-electron chi connectivity index (χ2n) is 5.87. The zero-order valence-corrected chi connectivity index (χ0v) is 15.0. The molecule has 0 aliphatic heterocycles. The Morgan fingerprint density at radius 2 is 1.89 bits per heavy atom. The van der Waals surface area contributed by atoms with Gasteiger partial charge in [0.1, 0.15) is 0 Å². The minimum absolute atomic E-state index is 0.223. The lowest BCUT2D eigenvalue weighted by Crippen LogP contribution is -2.07. The van der Waals surface area contributed by atoms with Gasteiger partial charge in [-0.3, -0.25) is 9.20 Å². The first-order valence-electron chi connectivity index (χ1n) is 8.33. The molecule has 6 heteroatoms. The van der Waals surface area contributed by atoms with Crippen molar-refractivity contribution in [1.29, 1.82) is 0 Å². The van der Waals surface area contributed by atoms with Gasteiger partial charge in [0.2, 0.25) is 11.7 Å². The van der Waals surface area contributed by atoms with Crippen LogP contribution in [0.3, 0.4) is 0 Å². The molecular formula is C21H15ClN4O. The second-order valence-corrected chi connectivity index (χ2v) is 6.28. The summed E-state index contributed by atoms with van der Waals surface area (Å²) in [5, 5.41) is 3.43. The molecule has 0 fully saturated rings. The third-order valence-electron chi connectivity index (χ3n) is 4.00. The quantitative estimate of drug-likeness (QED) is 0.526. The van der Waals surface area contributed by atoms with Crippen molar-refractivity contribution in [2.24, 2.45) is 0 Å². The van der Waals surface area contributed by atoms with Crippen molar-refractivity contribution < 1.29 is 4.79 Å². The molecule has 5 nitrogen and oxygen atoms in total. The molecule has 4 aromatic rings. The number of hydrogen-bond donors (Lipinski definition) is 1. The van der Waals surface area contributed by atoms with Crippen LogP contribution in [0.25, 0.3) is 23.1 Å². The lowest BCUT2D eigenvalue weighted by molar-refractivity contribution is -0.111. The van der Waals surface area contributed by atoms with E-state index in [4.69, 9.17) is 11.6 Å². The highest BCUT2D eigenvalue weighted by atomic mass is 35.5. The predicted molar refractivity (Wildman–Crippen MR) is 108 cm³/mol. The third kappa shape index (κ3) is 3.88. The number of rotatable bonds is 4. The molecule has 0 radical (unpaired) electrons. The smallest absolute Gasteiger partial charge is 0.248 e. The van der Waals surface area contributed by atoms with E-state index in [1.54, 1.807) is 18.3 Å². The van der Waals surface area contributed by atoms with Crippen molar-refractivity contribution in [3.8, 4) is 11.3 Å². The van der Waals surface area contributed by atoms with Gasteiger partial charge in [-0.25, -0.2) is 9.97 Å². The van der Waals surface area contributed by atoms with Gasteiger partial charge >= 0.3 is 0 Å². The van der Waals surface area contributed by atoms with Gasteiger partial charge in [0.15, 0.2) is 0 Å². The van der Waals surface area contributed by atoms with Crippen LogP contribution < -0.4 is 5.32 Å². The molecule has 132 valence electrons. The fourth-order valence-corrected chi connectivity index (χ4v) is 2.85. The average molecular weight is 375 g/mol. The van der Waals surface area contributed by atoms with Crippen LogP contribution in [0.4, 0.5) is 5.69 Å². The summed E-state index contributed by atoms with van der Waals surface area (Å²) in [5.74, 6) is 0.425. The van der Waals surface area contributed by atoms with Crippen molar-refractivity contribution in [3.05, 3.63) is 89.8 Å². The van der Waals surface area contributed by atoms with E-state index in [1.807, 2.05) is 65.3 Å². The van der Waals surface area contributed by atoms with Crippen LogP contribution in [0.5, 0.6) is 0 Å². The molecule has 27 heavy (non-hydrogen) atoms. The molecule has 0 saturated heterocycles. The first kappa shape index (κ1) is 17.0. The van der Waals surface area contributed by atoms with Crippen LogP contribution in [0, 0.1) is 0 Å². The highest BCUT2D eigenvalue weighted by Gasteiger charge is 2.05. The molecule has 2 aromatic carbocycles. The molecule has 1 N–H and O–H groups in total. The van der Waals surface area contributed by atoms with E-state index in [-0.39, 0.29) is 5.91 Å². The summed E-state index contributed by atoms with van der Waals surface area (Å²) in [6.07, 6.45) is 8.68. The van der Waals surface area contributed by atoms with E-state index in [2.05, 4.69) is 15.3 Å². The monoisotopic (exact) mass is 374 g/mol. The van der Waals surface area contributed by atoms with Crippen molar-refractivity contribution >= 4 is 35.0 Å². The minimum atomic E-state index is -0.223. The highest BCUT2D eigenvalue weighted by molar-refractivity contribution is 6.32. The summed E-state index contributed by atoms with van der Waals surface area (Å²) >= 11 is 6.08. The number of anilines is 1. The Bertz CT molecular complexity index is 1100. The van der Waals surface area contributed by atoms with Crippen LogP contribution in [0.15, 0.2) is 79.3 Å². The summed E-state index contributed by atoms with van der Waals surface area (Å²) in [4.78, 5) is 20.8. The standard InChI is InChI=1S/C21H15ClN4O/c22-18-5-2-1-4-15(18)8-11-20(27)24-17-9-6-16(7-10-17)19-14-26-13-3-12-23-21(26)25-19/h1-14H,(H,24,27)/b11-8+. The first-order chi connectivity index (χ1) is 13.2. The molecule has 0 aliphatic carbocycles. The SMILES string of the molecule is O=C(/C=C/c1ccccc1Cl)Nc1ccc(-c2cn3cccnc3n2)cc1. The topological polar surface area (TPSA) is 59.3 Å². The number of carbonyl (C=O) groups excluding carboxylic acids is 1. The zero-order chi connectivity index (χ0) is 18.6. The van der Waals surface area contributed by atoms with Gasteiger partial charge in [-0.15, -0.1) is 0 Å². The largest absolute Gasteiger partial charge is 0.323 e. The second kappa shape index (κ2) is 7.43. The number of benzene rings is 2. The Hall–Kier alpha value is -3.44. The van der Waals surface area contributed by atoms with E-state index >= 15 is 0 Å². The van der Waals surface area contributed by atoms with Gasteiger partial charge in [0, 0.05) is 40.9 Å². The summed E-state index contributed by atoms with van der Waals surface area (Å²) in [6, 6.07) is 16.7. The molecule has 2 aromatic heterocycles. The van der Waals surface area contributed by atoms with Gasteiger partial charge in [0.05, 0.1) is 5.69 Å². The molecule has 0 spiro atoms. The number of fused-ring (bicyclic) bond motifs is 1. The molecule has 1 amide bonds. The molecule has 0 unspecified atom stereocenters. The number of amides is 1. The summed E-state index contributed by atoms with van der Waals surface area (Å²) in [5.41, 5.74) is 3.27. The molecule has 0 atom stereocenters. The Morgan fingerprint density at radius 3 is 2.67 bits per heavy atom. The van der Waals surface area contributed by atoms with E-state index < -0.39 is 0 Å². The predicted octanol–water partition coefficient (Wildman–Crippen LogP) is 4.70. The first-order valence-corrected chi connectivity index (χ1v) is 8.70. The van der Waals surface area contributed by atoms with Crippen molar-refractivity contribution in [3.63, 3.8) is 0 Å². The Labute approximate surface area is 161 Å². The molecule has 0 bridgehead atoms. The summed E-state index contributed by atoms with van der Waals surface area (Å²) < 4.78 is 1.87. The van der Waals surface area contributed by atoms with E-state index in [1.165, 1.54) is 6.08 Å². The van der Waals surface area contributed by atoms with Gasteiger partial charge in [-0.2, -0.15) is 0 Å². The number of halogens is 1. The fourth-order valence-electron chi connectivity index (χ4n) is 2.65. The number of nitrogens with zero attached hydrogens (tertiary/aromatic N) is 3. The summed E-state index contributed by atoms with van der Waals surface area (Å²) in [6.45, 7) is 0. The summed E-state index contributed by atoms with van der Waals surface area (Å²) in [7, 11) is 0. The number of hydrogen-bond acceptors (Lipinski definition) is 3. The highest BCUT2D eigenvalue weighted by Crippen LogP contribution is 2.21. The molecule has 4 rings (SSSR count). The maximum Gasteiger partial charge on any atom is 0.248 e. The lowest BCUT2D eigenvalue weighted by Gasteiger charge is -2.03. The molecular weight excluding hydrogens is 360 g/mol. The zero-order valence-electron chi connectivity index (χ0n) is 14.2. The Morgan fingerprint density at radius 1 is 1.07 bits per heavy atom. The Balaban J connectivity index is 1.46. The maximum absolute atomic E-state index is 12.1. The van der Waals surface area contributed by atoms with Gasteiger partial charge in [-0.1, -0.05) is 41.9 Å². The van der Waals surface area contributed by atoms with Gasteiger partial charge < -0.3 is 5.32 Å². The van der Waals surface area contributed by atoms with Crippen molar-refractivity contribution in [1.82, 2.24) is 14.4 Å². The van der Waals surface area contributed by atoms with Crippen LogP contribution in [-0.2, 0) is 4.79 Å². The van der Waals surface area contributed by atoms with Gasteiger partial charge in [-0.05, 0) is 35.9 Å². The fraction of sp³-hybridized carbons (Fsp3) is 0. The van der Waals surface area contributed by atoms with Crippen molar-refractivity contribution in [2.75, 3.05) is 5.32 Å². The van der Waals surface area contributed by atoms with E-state index in [0.717, 1.165) is 16.8 Å². The Kier molecular flexibility index (Phi) is 4.68. The lowest BCUT2D eigenvalue weighted by atomic mass is 10.1. The number of imidazole rings is 1. The van der Waals surface area contributed by atoms with Gasteiger partial charge in [0.25, 0.3) is 0 Å². The number of carbonyl (C=O) groups is 1.